The van der Waals surface area contributed by atoms with E-state index in [0.717, 1.165) is 17.5 Å². The molecule has 0 atom stereocenters. The third-order valence-electron chi connectivity index (χ3n) is 4.87. The Morgan fingerprint density at radius 3 is 2.56 bits per heavy atom. The van der Waals surface area contributed by atoms with Crippen molar-refractivity contribution in [3.8, 4) is 0 Å². The Morgan fingerprint density at radius 2 is 1.91 bits per heavy atom. The molecule has 1 N–H and O–H groups in total. The average molecular weight is 522 g/mol. The molecule has 4 rings (SSSR count). The number of nitrogens with zero attached hydrogens (tertiary/aromatic N) is 4. The van der Waals surface area contributed by atoms with Crippen LogP contribution in [0.2, 0.25) is 0 Å². The van der Waals surface area contributed by atoms with Gasteiger partial charge in [-0.15, -0.1) is 0 Å². The summed E-state index contributed by atoms with van der Waals surface area (Å²) in [5.74, 6) is -6.96. The minimum Gasteiger partial charge on any atom is -0.322 e. The number of nitrogens with one attached hydrogen (secondary N) is 1. The van der Waals surface area contributed by atoms with E-state index in [2.05, 4.69) is 31.4 Å². The Bertz CT molecular complexity index is 1190. The van der Waals surface area contributed by atoms with Crippen LogP contribution in [0.1, 0.15) is 42.1 Å². The van der Waals surface area contributed by atoms with Gasteiger partial charge in [0, 0.05) is 23.7 Å². The number of anilines is 1. The number of benzene rings is 1. The molecule has 13 heteroatoms. The van der Waals surface area contributed by atoms with Crippen LogP contribution in [0.25, 0.3) is 0 Å². The highest BCUT2D eigenvalue weighted by molar-refractivity contribution is 9.10. The smallest absolute Gasteiger partial charge is 0.283 e. The van der Waals surface area contributed by atoms with E-state index in [4.69, 9.17) is 0 Å². The zero-order valence-corrected chi connectivity index (χ0v) is 17.6. The third kappa shape index (κ3) is 4.38. The Morgan fingerprint density at radius 1 is 1.19 bits per heavy atom. The van der Waals surface area contributed by atoms with E-state index in [-0.39, 0.29) is 28.7 Å². The molecular weight excluding hydrogens is 508 g/mol. The predicted molar refractivity (Wildman–Crippen MR) is 103 cm³/mol. The number of hydrogen-bond acceptors (Lipinski definition) is 3. The lowest BCUT2D eigenvalue weighted by Crippen LogP contribution is -2.20. The number of carbonyl (C=O) groups excluding carboxylic acids is 1. The van der Waals surface area contributed by atoms with Gasteiger partial charge >= 0.3 is 0 Å². The van der Waals surface area contributed by atoms with Crippen LogP contribution in [0, 0.1) is 23.3 Å². The van der Waals surface area contributed by atoms with Crippen molar-refractivity contribution in [2.24, 2.45) is 0 Å². The van der Waals surface area contributed by atoms with Gasteiger partial charge in [-0.3, -0.25) is 14.2 Å². The van der Waals surface area contributed by atoms with E-state index in [1.807, 2.05) is 0 Å². The summed E-state index contributed by atoms with van der Waals surface area (Å²) < 4.78 is 82.8. The topological polar surface area (TPSA) is 64.7 Å². The van der Waals surface area contributed by atoms with Crippen molar-refractivity contribution in [1.29, 1.82) is 0 Å². The van der Waals surface area contributed by atoms with Gasteiger partial charge in [0.05, 0.1) is 28.6 Å². The van der Waals surface area contributed by atoms with Gasteiger partial charge in [-0.25, -0.2) is 26.3 Å². The molecule has 0 radical (unpaired) electrons. The van der Waals surface area contributed by atoms with Gasteiger partial charge in [-0.2, -0.15) is 10.2 Å². The van der Waals surface area contributed by atoms with Gasteiger partial charge in [0.1, 0.15) is 18.1 Å². The number of halogens is 7. The fourth-order valence-electron chi connectivity index (χ4n) is 3.24. The van der Waals surface area contributed by atoms with E-state index >= 15 is 0 Å². The van der Waals surface area contributed by atoms with E-state index in [0.29, 0.717) is 5.69 Å². The lowest BCUT2D eigenvalue weighted by molar-refractivity contribution is -0.117. The molecule has 0 spiro atoms. The number of hydrogen-bond donors (Lipinski definition) is 1. The summed E-state index contributed by atoms with van der Waals surface area (Å²) in [5.41, 5.74) is -0.509. The normalized spacial score (nSPS) is 13.8. The van der Waals surface area contributed by atoms with Crippen LogP contribution < -0.4 is 5.32 Å². The first kappa shape index (κ1) is 22.4. The molecule has 3 aromatic rings. The Balaban J connectivity index is 1.47. The lowest BCUT2D eigenvalue weighted by Gasteiger charge is -2.08. The molecule has 0 aliphatic heterocycles. The molecule has 1 fully saturated rings. The van der Waals surface area contributed by atoms with E-state index in [1.165, 1.54) is 17.1 Å². The Hall–Kier alpha value is -2.83. The number of amides is 1. The van der Waals surface area contributed by atoms with Crippen molar-refractivity contribution in [3.63, 3.8) is 0 Å². The number of rotatable bonds is 7. The molecule has 1 aromatic carbocycles. The lowest BCUT2D eigenvalue weighted by atomic mass is 10.2. The maximum Gasteiger partial charge on any atom is 0.283 e. The zero-order chi connectivity index (χ0) is 23.2. The second kappa shape index (κ2) is 8.60. The molecule has 1 aliphatic carbocycles. The van der Waals surface area contributed by atoms with Crippen LogP contribution in [-0.2, 0) is 17.9 Å². The summed E-state index contributed by atoms with van der Waals surface area (Å²) >= 11 is 3.14. The number of alkyl halides is 2. The molecule has 1 aliphatic rings. The van der Waals surface area contributed by atoms with Crippen molar-refractivity contribution in [2.45, 2.75) is 38.3 Å². The highest BCUT2D eigenvalue weighted by atomic mass is 79.9. The quantitative estimate of drug-likeness (QED) is 0.273. The highest BCUT2D eigenvalue weighted by Crippen LogP contribution is 2.45. The summed E-state index contributed by atoms with van der Waals surface area (Å²) in [4.78, 5) is 12.4. The third-order valence-corrected chi connectivity index (χ3v) is 5.68. The SMILES string of the molecule is O=C(Cn1nc(C(F)F)c(Br)c1C1CC1)Nc1cnn(Cc2c(F)cc(F)c(F)c2F)c1. The number of aromatic nitrogens is 4. The second-order valence-corrected chi connectivity index (χ2v) is 8.03. The molecule has 2 heterocycles. The molecule has 1 saturated carbocycles. The molecule has 0 bridgehead atoms. The minimum absolute atomic E-state index is 0.0424. The Kier molecular flexibility index (Phi) is 6.01. The van der Waals surface area contributed by atoms with Crippen LogP contribution in [0.15, 0.2) is 22.9 Å². The first-order valence-corrected chi connectivity index (χ1v) is 10.1. The zero-order valence-electron chi connectivity index (χ0n) is 16.1. The molecule has 2 aromatic heterocycles. The fraction of sp³-hybridized carbons (Fsp3) is 0.316. The van der Waals surface area contributed by atoms with Gasteiger partial charge in [0.25, 0.3) is 6.43 Å². The molecule has 6 nitrogen and oxygen atoms in total. The van der Waals surface area contributed by atoms with Crippen molar-refractivity contribution in [2.75, 3.05) is 5.32 Å². The van der Waals surface area contributed by atoms with Crippen LogP contribution in [0.3, 0.4) is 0 Å². The summed E-state index contributed by atoms with van der Waals surface area (Å²) in [6, 6.07) is 0.229. The van der Waals surface area contributed by atoms with Gasteiger partial charge in [0.2, 0.25) is 5.91 Å². The molecule has 32 heavy (non-hydrogen) atoms. The molecule has 0 saturated heterocycles. The second-order valence-electron chi connectivity index (χ2n) is 7.24. The predicted octanol–water partition coefficient (Wildman–Crippen LogP) is 4.90. The van der Waals surface area contributed by atoms with Gasteiger partial charge in [0.15, 0.2) is 17.5 Å². The molecule has 0 unspecified atom stereocenters. The maximum atomic E-state index is 13.8. The van der Waals surface area contributed by atoms with Crippen LogP contribution in [-0.4, -0.2) is 25.5 Å². The molecule has 170 valence electrons. The van der Waals surface area contributed by atoms with E-state index in [1.54, 1.807) is 0 Å². The summed E-state index contributed by atoms with van der Waals surface area (Å²) in [6.07, 6.45) is 1.21. The summed E-state index contributed by atoms with van der Waals surface area (Å²) in [6.45, 7) is -0.894. The number of carbonyl (C=O) groups is 1. The van der Waals surface area contributed by atoms with E-state index < -0.39 is 53.4 Å². The highest BCUT2D eigenvalue weighted by Gasteiger charge is 2.34. The summed E-state index contributed by atoms with van der Waals surface area (Å²) in [7, 11) is 0. The average Bonchev–Trinajstić information content (AvgIpc) is 3.37. The van der Waals surface area contributed by atoms with Gasteiger partial charge < -0.3 is 5.32 Å². The van der Waals surface area contributed by atoms with Crippen molar-refractivity contribution in [3.05, 3.63) is 63.2 Å². The largest absolute Gasteiger partial charge is 0.322 e. The van der Waals surface area contributed by atoms with Gasteiger partial charge in [-0.1, -0.05) is 0 Å². The van der Waals surface area contributed by atoms with Crippen LogP contribution in [0.5, 0.6) is 0 Å². The van der Waals surface area contributed by atoms with Crippen LogP contribution in [0.4, 0.5) is 32.0 Å². The minimum atomic E-state index is -2.80. The summed E-state index contributed by atoms with van der Waals surface area (Å²) in [5, 5.41) is 10.1. The Labute approximate surface area is 185 Å². The molecular formula is C19H14BrF6N5O. The fourth-order valence-corrected chi connectivity index (χ4v) is 4.02. The van der Waals surface area contributed by atoms with Crippen molar-refractivity contribution >= 4 is 27.5 Å². The monoisotopic (exact) mass is 521 g/mol. The van der Waals surface area contributed by atoms with Crippen LogP contribution >= 0.6 is 15.9 Å². The first-order valence-electron chi connectivity index (χ1n) is 9.34. The maximum absolute atomic E-state index is 13.8. The first-order chi connectivity index (χ1) is 15.2. The van der Waals surface area contributed by atoms with Crippen molar-refractivity contribution < 1.29 is 31.1 Å². The van der Waals surface area contributed by atoms with Crippen molar-refractivity contribution in [1.82, 2.24) is 19.6 Å². The standard InChI is InChI=1S/C19H14BrF6N5O/c20-14-17(19(25)26)29-31(18(14)8-1-2-8)7-13(32)28-9-4-27-30(5-9)6-10-11(21)3-12(22)16(24)15(10)23/h3-5,8,19H,1-2,6-7H2,(H,28,32). The van der Waals surface area contributed by atoms with E-state index in [9.17, 15) is 31.1 Å². The molecule has 1 amide bonds. The van der Waals surface area contributed by atoms with Gasteiger partial charge in [-0.05, 0) is 28.8 Å².